The van der Waals surface area contributed by atoms with Crippen LogP contribution in [0.25, 0.3) is 0 Å². The van der Waals surface area contributed by atoms with Crippen LogP contribution >= 0.6 is 0 Å². The first kappa shape index (κ1) is 8.90. The number of hydrogen-bond acceptors (Lipinski definition) is 4. The molecule has 0 unspecified atom stereocenters. The van der Waals surface area contributed by atoms with Gasteiger partial charge in [0.1, 0.15) is 11.5 Å². The average molecular weight is 168 g/mol. The molecule has 64 valence electrons. The van der Waals surface area contributed by atoms with Crippen LogP contribution in [0.15, 0.2) is 18.2 Å². The molecule has 1 rings (SSSR count). The fourth-order valence-electron chi connectivity index (χ4n) is 0.970. The number of phenols is 1. The van der Waals surface area contributed by atoms with E-state index in [1.807, 2.05) is 0 Å². The third-order valence-electron chi connectivity index (χ3n) is 1.52. The van der Waals surface area contributed by atoms with Gasteiger partial charge in [0.25, 0.3) is 0 Å². The summed E-state index contributed by atoms with van der Waals surface area (Å²) in [5, 5.41) is 26.9. The smallest absolute Gasteiger partial charge is 0.496 e. The Morgan fingerprint density at radius 3 is 2.42 bits per heavy atom. The minimum absolute atomic E-state index is 0.0139. The van der Waals surface area contributed by atoms with Crippen LogP contribution in [0.3, 0.4) is 0 Å². The van der Waals surface area contributed by atoms with Crippen LogP contribution in [0.5, 0.6) is 11.5 Å². The Bertz CT molecular complexity index is 274. The summed E-state index contributed by atoms with van der Waals surface area (Å²) < 4.78 is 4.81. The highest BCUT2D eigenvalue weighted by Gasteiger charge is 2.20. The molecule has 1 aromatic carbocycles. The molecule has 0 spiro atoms. The van der Waals surface area contributed by atoms with Gasteiger partial charge >= 0.3 is 7.12 Å². The Morgan fingerprint density at radius 1 is 1.33 bits per heavy atom. The largest absolute Gasteiger partial charge is 0.508 e. The summed E-state index contributed by atoms with van der Waals surface area (Å²) in [6.45, 7) is 0. The van der Waals surface area contributed by atoms with E-state index in [4.69, 9.17) is 14.8 Å². The normalized spacial score (nSPS) is 9.58. The van der Waals surface area contributed by atoms with Crippen molar-refractivity contribution in [2.24, 2.45) is 0 Å². The number of methoxy groups -OCH3 is 1. The molecular formula is C7H9BO4. The van der Waals surface area contributed by atoms with E-state index >= 15 is 0 Å². The van der Waals surface area contributed by atoms with Crippen molar-refractivity contribution in [2.45, 2.75) is 0 Å². The predicted molar refractivity (Wildman–Crippen MR) is 44.5 cm³/mol. The van der Waals surface area contributed by atoms with Gasteiger partial charge in [-0.3, -0.25) is 0 Å². The van der Waals surface area contributed by atoms with Gasteiger partial charge in [-0.05, 0) is 12.1 Å². The average Bonchev–Trinajstić information content (AvgIpc) is 2.03. The quantitative estimate of drug-likeness (QED) is 0.499. The molecule has 1 aromatic rings. The van der Waals surface area contributed by atoms with Crippen molar-refractivity contribution in [2.75, 3.05) is 7.11 Å². The maximum absolute atomic E-state index is 9.19. The molecule has 0 radical (unpaired) electrons. The summed E-state index contributed by atoms with van der Waals surface area (Å²) in [5.74, 6) is 0.0642. The summed E-state index contributed by atoms with van der Waals surface area (Å²) in [4.78, 5) is 0. The van der Waals surface area contributed by atoms with Crippen LogP contribution in [-0.4, -0.2) is 29.4 Å². The van der Waals surface area contributed by atoms with E-state index in [0.717, 1.165) is 0 Å². The summed E-state index contributed by atoms with van der Waals surface area (Å²) in [7, 11) is -0.332. The van der Waals surface area contributed by atoms with Crippen LogP contribution in [0.1, 0.15) is 0 Å². The van der Waals surface area contributed by atoms with Crippen LogP contribution in [0.4, 0.5) is 0 Å². The fourth-order valence-corrected chi connectivity index (χ4v) is 0.970. The second-order valence-corrected chi connectivity index (χ2v) is 2.27. The van der Waals surface area contributed by atoms with Crippen molar-refractivity contribution in [1.29, 1.82) is 0 Å². The van der Waals surface area contributed by atoms with Gasteiger partial charge < -0.3 is 19.9 Å². The molecule has 0 aliphatic carbocycles. The lowest BCUT2D eigenvalue weighted by atomic mass is 9.79. The number of ether oxygens (including phenoxy) is 1. The standard InChI is InChI=1S/C7H9BO4/c1-12-6-4-2-3-5(9)7(6)8(10)11/h2-4,9-11H,1H3. The van der Waals surface area contributed by atoms with Gasteiger partial charge in [0.15, 0.2) is 0 Å². The van der Waals surface area contributed by atoms with Crippen molar-refractivity contribution < 1.29 is 19.9 Å². The Labute approximate surface area is 70.2 Å². The van der Waals surface area contributed by atoms with E-state index in [2.05, 4.69) is 0 Å². The van der Waals surface area contributed by atoms with Gasteiger partial charge in [-0.25, -0.2) is 0 Å². The predicted octanol–water partition coefficient (Wildman–Crippen LogP) is -0.919. The molecule has 0 bridgehead atoms. The molecule has 0 amide bonds. The van der Waals surface area contributed by atoms with E-state index in [1.165, 1.54) is 19.2 Å². The van der Waals surface area contributed by atoms with E-state index in [-0.39, 0.29) is 17.0 Å². The highest BCUT2D eigenvalue weighted by Crippen LogP contribution is 2.14. The Kier molecular flexibility index (Phi) is 2.57. The van der Waals surface area contributed by atoms with Gasteiger partial charge in [-0.15, -0.1) is 0 Å². The summed E-state index contributed by atoms with van der Waals surface area (Å²) in [5.41, 5.74) is -0.0139. The minimum Gasteiger partial charge on any atom is -0.508 e. The Morgan fingerprint density at radius 2 is 2.00 bits per heavy atom. The number of phenolic OH excluding ortho intramolecular Hbond substituents is 1. The van der Waals surface area contributed by atoms with Crippen LogP contribution in [0.2, 0.25) is 0 Å². The first-order chi connectivity index (χ1) is 5.66. The van der Waals surface area contributed by atoms with Crippen LogP contribution in [0, 0.1) is 0 Å². The SMILES string of the molecule is COc1cccc(O)c1B(O)O. The van der Waals surface area contributed by atoms with Gasteiger partial charge in [0.2, 0.25) is 0 Å². The minimum atomic E-state index is -1.72. The van der Waals surface area contributed by atoms with Crippen LogP contribution in [-0.2, 0) is 0 Å². The lowest BCUT2D eigenvalue weighted by molar-refractivity contribution is 0.395. The molecule has 0 aliphatic rings. The number of aromatic hydroxyl groups is 1. The Balaban J connectivity index is 3.20. The lowest BCUT2D eigenvalue weighted by Crippen LogP contribution is -2.31. The topological polar surface area (TPSA) is 69.9 Å². The zero-order valence-electron chi connectivity index (χ0n) is 6.56. The molecule has 12 heavy (non-hydrogen) atoms. The van der Waals surface area contributed by atoms with Crippen molar-refractivity contribution in [3.05, 3.63) is 18.2 Å². The molecule has 0 aliphatic heterocycles. The highest BCUT2D eigenvalue weighted by molar-refractivity contribution is 6.60. The Hall–Kier alpha value is -1.20. The molecule has 0 saturated heterocycles. The summed E-state index contributed by atoms with van der Waals surface area (Å²) in [6, 6.07) is 4.45. The number of benzene rings is 1. The molecule has 0 fully saturated rings. The lowest BCUT2D eigenvalue weighted by Gasteiger charge is -2.08. The first-order valence-electron chi connectivity index (χ1n) is 3.39. The maximum Gasteiger partial charge on any atom is 0.496 e. The zero-order chi connectivity index (χ0) is 9.14. The molecule has 3 N–H and O–H groups in total. The molecule has 5 heteroatoms. The number of hydrogen-bond donors (Lipinski definition) is 3. The molecule has 0 saturated carbocycles. The molecule has 0 aromatic heterocycles. The first-order valence-corrected chi connectivity index (χ1v) is 3.39. The third kappa shape index (κ3) is 1.52. The second-order valence-electron chi connectivity index (χ2n) is 2.27. The van der Waals surface area contributed by atoms with Gasteiger partial charge in [-0.2, -0.15) is 0 Å². The van der Waals surface area contributed by atoms with Crippen molar-refractivity contribution in [3.8, 4) is 11.5 Å². The van der Waals surface area contributed by atoms with Crippen LogP contribution < -0.4 is 10.2 Å². The van der Waals surface area contributed by atoms with Gasteiger partial charge in [0, 0.05) is 0 Å². The van der Waals surface area contributed by atoms with Crippen molar-refractivity contribution in [1.82, 2.24) is 0 Å². The molecular weight excluding hydrogens is 159 g/mol. The molecule has 0 atom stereocenters. The van der Waals surface area contributed by atoms with Gasteiger partial charge in [-0.1, -0.05) is 6.07 Å². The van der Waals surface area contributed by atoms with E-state index in [1.54, 1.807) is 6.07 Å². The van der Waals surface area contributed by atoms with E-state index < -0.39 is 7.12 Å². The summed E-state index contributed by atoms with van der Waals surface area (Å²) >= 11 is 0. The second kappa shape index (κ2) is 3.47. The van der Waals surface area contributed by atoms with Gasteiger partial charge in [0.05, 0.1) is 12.6 Å². The third-order valence-corrected chi connectivity index (χ3v) is 1.52. The van der Waals surface area contributed by atoms with E-state index in [0.29, 0.717) is 0 Å². The monoisotopic (exact) mass is 168 g/mol. The van der Waals surface area contributed by atoms with Crippen molar-refractivity contribution in [3.63, 3.8) is 0 Å². The number of rotatable bonds is 2. The molecule has 4 nitrogen and oxygen atoms in total. The highest BCUT2D eigenvalue weighted by atomic mass is 16.5. The van der Waals surface area contributed by atoms with Crippen molar-refractivity contribution >= 4 is 12.6 Å². The van der Waals surface area contributed by atoms with E-state index in [9.17, 15) is 5.11 Å². The summed E-state index contributed by atoms with van der Waals surface area (Å²) in [6.07, 6.45) is 0. The molecule has 0 heterocycles. The fraction of sp³-hybridized carbons (Fsp3) is 0.143. The maximum atomic E-state index is 9.19. The zero-order valence-corrected chi connectivity index (χ0v) is 6.56.